The maximum Gasteiger partial charge on any atom is 0.227 e. The number of halogens is 2. The van der Waals surface area contributed by atoms with E-state index in [2.05, 4.69) is 15.9 Å². The van der Waals surface area contributed by atoms with Crippen LogP contribution < -0.4 is 4.90 Å². The van der Waals surface area contributed by atoms with Gasteiger partial charge in [-0.25, -0.2) is 4.39 Å². The lowest BCUT2D eigenvalue weighted by atomic mass is 10.1. The summed E-state index contributed by atoms with van der Waals surface area (Å²) in [5, 5.41) is 9.39. The Bertz CT molecular complexity index is 498. The molecule has 1 atom stereocenters. The highest BCUT2D eigenvalue weighted by Gasteiger charge is 2.30. The fourth-order valence-corrected chi connectivity index (χ4v) is 2.33. The fourth-order valence-electron chi connectivity index (χ4n) is 1.90. The Morgan fingerprint density at radius 3 is 2.88 bits per heavy atom. The van der Waals surface area contributed by atoms with E-state index in [-0.39, 0.29) is 17.4 Å². The van der Waals surface area contributed by atoms with Crippen LogP contribution in [-0.2, 0) is 4.79 Å². The van der Waals surface area contributed by atoms with Crippen LogP contribution in [0, 0.1) is 23.1 Å². The molecule has 1 fully saturated rings. The molecule has 3 nitrogen and oxygen atoms in total. The number of carbonyl (C=O) groups excluding carboxylic acids is 1. The molecule has 1 unspecified atom stereocenters. The average molecular weight is 297 g/mol. The topological polar surface area (TPSA) is 44.1 Å². The van der Waals surface area contributed by atoms with Crippen LogP contribution in [0.15, 0.2) is 18.2 Å². The van der Waals surface area contributed by atoms with Gasteiger partial charge < -0.3 is 4.90 Å². The highest BCUT2D eigenvalue weighted by atomic mass is 79.9. The smallest absolute Gasteiger partial charge is 0.227 e. The number of carbonyl (C=O) groups is 1. The number of nitriles is 1. The summed E-state index contributed by atoms with van der Waals surface area (Å²) in [4.78, 5) is 13.3. The van der Waals surface area contributed by atoms with Crippen molar-refractivity contribution in [2.45, 2.75) is 6.42 Å². The van der Waals surface area contributed by atoms with Gasteiger partial charge in [-0.1, -0.05) is 15.9 Å². The Balaban J connectivity index is 2.27. The lowest BCUT2D eigenvalue weighted by molar-refractivity contribution is -0.117. The van der Waals surface area contributed by atoms with Crippen molar-refractivity contribution in [3.8, 4) is 6.07 Å². The number of alkyl halides is 1. The zero-order valence-electron chi connectivity index (χ0n) is 8.99. The van der Waals surface area contributed by atoms with E-state index in [9.17, 15) is 9.18 Å². The molecule has 1 aromatic rings. The molecule has 1 aromatic carbocycles. The van der Waals surface area contributed by atoms with Gasteiger partial charge in [-0.3, -0.25) is 4.79 Å². The van der Waals surface area contributed by atoms with Gasteiger partial charge in [0.1, 0.15) is 11.9 Å². The molecule has 0 aliphatic carbocycles. The fraction of sp³-hybridized carbons (Fsp3) is 0.333. The molecule has 0 N–H and O–H groups in total. The molecule has 88 valence electrons. The number of anilines is 1. The zero-order chi connectivity index (χ0) is 12.4. The van der Waals surface area contributed by atoms with Crippen LogP contribution in [-0.4, -0.2) is 17.8 Å². The quantitative estimate of drug-likeness (QED) is 0.787. The summed E-state index contributed by atoms with van der Waals surface area (Å²) >= 11 is 3.34. The normalized spacial score (nSPS) is 19.5. The first-order chi connectivity index (χ1) is 8.15. The van der Waals surface area contributed by atoms with Gasteiger partial charge in [0.05, 0.1) is 5.56 Å². The van der Waals surface area contributed by atoms with E-state index in [1.807, 2.05) is 0 Å². The van der Waals surface area contributed by atoms with Gasteiger partial charge in [0.15, 0.2) is 0 Å². The van der Waals surface area contributed by atoms with Crippen LogP contribution in [0.3, 0.4) is 0 Å². The number of rotatable bonds is 2. The number of benzene rings is 1. The van der Waals surface area contributed by atoms with Crippen molar-refractivity contribution in [1.82, 2.24) is 0 Å². The Labute approximate surface area is 107 Å². The Morgan fingerprint density at radius 2 is 2.35 bits per heavy atom. The lowest BCUT2D eigenvalue weighted by Gasteiger charge is -2.16. The van der Waals surface area contributed by atoms with E-state index < -0.39 is 5.82 Å². The van der Waals surface area contributed by atoms with Crippen molar-refractivity contribution in [2.75, 3.05) is 16.8 Å². The van der Waals surface area contributed by atoms with Gasteiger partial charge in [0.2, 0.25) is 5.91 Å². The Morgan fingerprint density at radius 1 is 1.59 bits per heavy atom. The van der Waals surface area contributed by atoms with E-state index >= 15 is 0 Å². The van der Waals surface area contributed by atoms with Crippen molar-refractivity contribution >= 4 is 27.5 Å². The number of hydrogen-bond acceptors (Lipinski definition) is 2. The summed E-state index contributed by atoms with van der Waals surface area (Å²) in [6.45, 7) is 0.593. The predicted molar refractivity (Wildman–Crippen MR) is 65.4 cm³/mol. The molecule has 17 heavy (non-hydrogen) atoms. The second-order valence-electron chi connectivity index (χ2n) is 4.00. The highest BCUT2D eigenvalue weighted by molar-refractivity contribution is 9.09. The minimum Gasteiger partial charge on any atom is -0.312 e. The Kier molecular flexibility index (Phi) is 3.43. The second-order valence-corrected chi connectivity index (χ2v) is 4.65. The number of amides is 1. The summed E-state index contributed by atoms with van der Waals surface area (Å²) < 4.78 is 13.4. The van der Waals surface area contributed by atoms with Crippen LogP contribution >= 0.6 is 15.9 Å². The van der Waals surface area contributed by atoms with Gasteiger partial charge >= 0.3 is 0 Å². The summed E-state index contributed by atoms with van der Waals surface area (Å²) in [5.74, 6) is -0.320. The maximum absolute atomic E-state index is 13.4. The van der Waals surface area contributed by atoms with E-state index in [0.717, 1.165) is 5.33 Å². The van der Waals surface area contributed by atoms with Crippen LogP contribution in [0.1, 0.15) is 12.0 Å². The van der Waals surface area contributed by atoms with Gasteiger partial charge in [0, 0.05) is 24.0 Å². The van der Waals surface area contributed by atoms with Crippen molar-refractivity contribution in [3.05, 3.63) is 29.6 Å². The summed E-state index contributed by atoms with van der Waals surface area (Å²) in [5.41, 5.74) is 0.521. The third kappa shape index (κ3) is 2.32. The van der Waals surface area contributed by atoms with E-state index in [0.29, 0.717) is 18.7 Å². The molecule has 1 heterocycles. The second kappa shape index (κ2) is 4.84. The van der Waals surface area contributed by atoms with E-state index in [1.165, 1.54) is 12.1 Å². The molecule has 1 amide bonds. The largest absolute Gasteiger partial charge is 0.312 e. The molecule has 1 aliphatic heterocycles. The molecule has 5 heteroatoms. The van der Waals surface area contributed by atoms with Crippen LogP contribution in [0.2, 0.25) is 0 Å². The molecule has 1 aliphatic rings. The van der Waals surface area contributed by atoms with Crippen molar-refractivity contribution < 1.29 is 9.18 Å². The molecule has 2 rings (SSSR count). The molecular weight excluding hydrogens is 287 g/mol. The van der Waals surface area contributed by atoms with Gasteiger partial charge in [0.25, 0.3) is 0 Å². The zero-order valence-corrected chi connectivity index (χ0v) is 10.6. The third-order valence-electron chi connectivity index (χ3n) is 2.81. The minimum atomic E-state index is -0.583. The highest BCUT2D eigenvalue weighted by Crippen LogP contribution is 2.27. The summed E-state index contributed by atoms with van der Waals surface area (Å²) in [7, 11) is 0. The van der Waals surface area contributed by atoms with Crippen molar-refractivity contribution in [1.29, 1.82) is 5.26 Å². The first-order valence-corrected chi connectivity index (χ1v) is 6.34. The molecule has 0 radical (unpaired) electrons. The number of nitrogens with zero attached hydrogens (tertiary/aromatic N) is 2. The molecular formula is C12H10BrFN2O. The molecule has 1 saturated heterocycles. The van der Waals surface area contributed by atoms with Gasteiger partial charge in [-0.05, 0) is 24.1 Å². The average Bonchev–Trinajstić information content (AvgIpc) is 2.70. The minimum absolute atomic E-state index is 0.00134. The predicted octanol–water partition coefficient (Wildman–Crippen LogP) is 2.45. The standard InChI is InChI=1S/C12H10BrFN2O/c13-5-8-3-12(17)16(7-8)10-2-1-9(6-15)11(14)4-10/h1-2,4,8H,3,5,7H2. The van der Waals surface area contributed by atoms with Crippen molar-refractivity contribution in [3.63, 3.8) is 0 Å². The molecule has 0 spiro atoms. The van der Waals surface area contributed by atoms with Gasteiger partial charge in [-0.2, -0.15) is 5.26 Å². The van der Waals surface area contributed by atoms with E-state index in [1.54, 1.807) is 17.0 Å². The first-order valence-electron chi connectivity index (χ1n) is 5.21. The SMILES string of the molecule is N#Cc1ccc(N2CC(CBr)CC2=O)cc1F. The third-order valence-corrected chi connectivity index (χ3v) is 3.72. The molecule has 0 aromatic heterocycles. The Hall–Kier alpha value is -1.41. The monoisotopic (exact) mass is 296 g/mol. The van der Waals surface area contributed by atoms with Crippen LogP contribution in [0.5, 0.6) is 0 Å². The summed E-state index contributed by atoms with van der Waals surface area (Å²) in [6.07, 6.45) is 0.479. The lowest BCUT2D eigenvalue weighted by Crippen LogP contribution is -2.24. The van der Waals surface area contributed by atoms with E-state index in [4.69, 9.17) is 5.26 Å². The van der Waals surface area contributed by atoms with Crippen molar-refractivity contribution in [2.24, 2.45) is 5.92 Å². The van der Waals surface area contributed by atoms with Crippen LogP contribution in [0.25, 0.3) is 0 Å². The molecule has 0 bridgehead atoms. The van der Waals surface area contributed by atoms with Crippen LogP contribution in [0.4, 0.5) is 10.1 Å². The summed E-state index contributed by atoms with van der Waals surface area (Å²) in [6, 6.07) is 6.01. The maximum atomic E-state index is 13.4. The van der Waals surface area contributed by atoms with Gasteiger partial charge in [-0.15, -0.1) is 0 Å². The number of hydrogen-bond donors (Lipinski definition) is 0. The molecule has 0 saturated carbocycles. The first kappa shape index (κ1) is 12.1.